The van der Waals surface area contributed by atoms with Crippen molar-refractivity contribution in [2.75, 3.05) is 0 Å². The smallest absolute Gasteiger partial charge is 0.341 e. The number of carbonyl (C=O) groups is 1. The van der Waals surface area contributed by atoms with Crippen LogP contribution in [0.3, 0.4) is 0 Å². The molecule has 0 saturated heterocycles. The Morgan fingerprint density at radius 3 is 2.64 bits per heavy atom. The Hall–Kier alpha value is -3.06. The van der Waals surface area contributed by atoms with Gasteiger partial charge >= 0.3 is 5.97 Å². The van der Waals surface area contributed by atoms with Gasteiger partial charge in [0.1, 0.15) is 17.2 Å². The fraction of sp³-hybridized carbons (Fsp3) is 0.238. The number of halogens is 2. The highest BCUT2D eigenvalue weighted by Crippen LogP contribution is 2.39. The number of hydrogen-bond donors (Lipinski definition) is 2. The van der Waals surface area contributed by atoms with E-state index in [2.05, 4.69) is 5.32 Å². The molecule has 2 aliphatic rings. The van der Waals surface area contributed by atoms with E-state index in [4.69, 9.17) is 0 Å². The van der Waals surface area contributed by atoms with Gasteiger partial charge in [-0.25, -0.2) is 13.6 Å². The minimum Gasteiger partial charge on any atom is -0.477 e. The number of carboxylic acid groups (broad SMARTS) is 1. The average Bonchev–Trinajstić information content (AvgIpc) is 3.39. The molecule has 2 heterocycles. The minimum atomic E-state index is -1.34. The van der Waals surface area contributed by atoms with E-state index in [1.807, 2.05) is 0 Å². The summed E-state index contributed by atoms with van der Waals surface area (Å²) < 4.78 is 31.6. The standard InChI is InChI=1S/C21H16F2N2O3/c22-17-5-14-18(25(11-2-3-11)9-16(20(14)26)21(27)28)6-13(17)12-4-1-10-7-24-8-15(10)19(12)23/h1,4-6,9,11,24H,2-3,7-8H2,(H,27,28). The van der Waals surface area contributed by atoms with E-state index in [-0.39, 0.29) is 28.1 Å². The molecule has 2 N–H and O–H groups in total. The van der Waals surface area contributed by atoms with E-state index in [1.54, 1.807) is 16.7 Å². The zero-order valence-corrected chi connectivity index (χ0v) is 14.8. The van der Waals surface area contributed by atoms with Crippen molar-refractivity contribution < 1.29 is 18.7 Å². The number of hydrogen-bond acceptors (Lipinski definition) is 3. The van der Waals surface area contributed by atoms with Gasteiger partial charge in [0.2, 0.25) is 5.43 Å². The van der Waals surface area contributed by atoms with Crippen LogP contribution in [0.4, 0.5) is 8.78 Å². The molecule has 142 valence electrons. The van der Waals surface area contributed by atoms with Crippen LogP contribution in [0.1, 0.15) is 40.4 Å². The van der Waals surface area contributed by atoms with Crippen LogP contribution in [0, 0.1) is 11.6 Å². The molecule has 3 aromatic rings. The first-order chi connectivity index (χ1) is 13.5. The fourth-order valence-corrected chi connectivity index (χ4v) is 3.93. The number of pyridine rings is 1. The average molecular weight is 382 g/mol. The van der Waals surface area contributed by atoms with Crippen molar-refractivity contribution in [1.29, 1.82) is 0 Å². The van der Waals surface area contributed by atoms with Gasteiger partial charge in [-0.2, -0.15) is 0 Å². The first-order valence-electron chi connectivity index (χ1n) is 9.08. The zero-order chi connectivity index (χ0) is 19.6. The fourth-order valence-electron chi connectivity index (χ4n) is 3.93. The van der Waals surface area contributed by atoms with Crippen molar-refractivity contribution in [1.82, 2.24) is 9.88 Å². The lowest BCUT2D eigenvalue weighted by molar-refractivity contribution is 0.0695. The molecule has 0 spiro atoms. The van der Waals surface area contributed by atoms with E-state index < -0.39 is 23.0 Å². The summed E-state index contributed by atoms with van der Waals surface area (Å²) in [5, 5.41) is 12.4. The van der Waals surface area contributed by atoms with Gasteiger partial charge in [0.05, 0.1) is 5.52 Å². The van der Waals surface area contributed by atoms with Gasteiger partial charge in [0.25, 0.3) is 0 Å². The summed E-state index contributed by atoms with van der Waals surface area (Å²) in [6, 6.07) is 5.88. The molecule has 5 nitrogen and oxygen atoms in total. The third-order valence-corrected chi connectivity index (χ3v) is 5.54. The molecule has 0 radical (unpaired) electrons. The van der Waals surface area contributed by atoms with E-state index in [0.29, 0.717) is 24.2 Å². The Kier molecular flexibility index (Phi) is 3.64. The monoisotopic (exact) mass is 382 g/mol. The van der Waals surface area contributed by atoms with Gasteiger partial charge in [-0.05, 0) is 30.5 Å². The normalized spacial score (nSPS) is 15.8. The van der Waals surface area contributed by atoms with E-state index >= 15 is 4.39 Å². The van der Waals surface area contributed by atoms with Crippen molar-refractivity contribution in [2.24, 2.45) is 0 Å². The molecular weight excluding hydrogens is 366 g/mol. The number of aromatic carboxylic acids is 1. The van der Waals surface area contributed by atoms with Crippen LogP contribution in [0.2, 0.25) is 0 Å². The van der Waals surface area contributed by atoms with Crippen LogP contribution in [0.15, 0.2) is 35.3 Å². The summed E-state index contributed by atoms with van der Waals surface area (Å²) in [4.78, 5) is 24.0. The summed E-state index contributed by atoms with van der Waals surface area (Å²) in [5.74, 6) is -2.56. The summed E-state index contributed by atoms with van der Waals surface area (Å²) in [5.41, 5.74) is 0.883. The number of fused-ring (bicyclic) bond motifs is 2. The van der Waals surface area contributed by atoms with Gasteiger partial charge < -0.3 is 15.0 Å². The number of nitrogens with one attached hydrogen (secondary N) is 1. The SMILES string of the molecule is O=C(O)c1cn(C2CC2)c2cc(-c3ccc4c(c3F)CNC4)c(F)cc2c1=O. The number of rotatable bonds is 3. The first-order valence-corrected chi connectivity index (χ1v) is 9.08. The summed E-state index contributed by atoms with van der Waals surface area (Å²) in [6.07, 6.45) is 3.01. The highest BCUT2D eigenvalue weighted by atomic mass is 19.1. The Bertz CT molecular complexity index is 1230. The van der Waals surface area contributed by atoms with Crippen LogP contribution in [-0.2, 0) is 13.1 Å². The molecule has 0 atom stereocenters. The number of benzene rings is 2. The summed E-state index contributed by atoms with van der Waals surface area (Å²) >= 11 is 0. The molecule has 0 unspecified atom stereocenters. The molecule has 1 aromatic heterocycles. The van der Waals surface area contributed by atoms with Crippen LogP contribution >= 0.6 is 0 Å². The van der Waals surface area contributed by atoms with Crippen molar-refractivity contribution >= 4 is 16.9 Å². The Labute approximate surface area is 158 Å². The quantitative estimate of drug-likeness (QED) is 0.726. The number of carboxylic acids is 1. The third kappa shape index (κ3) is 2.46. The van der Waals surface area contributed by atoms with Gasteiger partial charge in [-0.3, -0.25) is 4.79 Å². The molecule has 5 rings (SSSR count). The van der Waals surface area contributed by atoms with Gasteiger partial charge in [0, 0.05) is 47.4 Å². The lowest BCUT2D eigenvalue weighted by Gasteiger charge is -2.15. The Balaban J connectivity index is 1.80. The van der Waals surface area contributed by atoms with Crippen LogP contribution < -0.4 is 10.7 Å². The third-order valence-electron chi connectivity index (χ3n) is 5.54. The topological polar surface area (TPSA) is 71.3 Å². The maximum Gasteiger partial charge on any atom is 0.341 e. The molecule has 1 aliphatic heterocycles. The van der Waals surface area contributed by atoms with E-state index in [0.717, 1.165) is 24.5 Å². The second-order valence-corrected chi connectivity index (χ2v) is 7.33. The molecule has 2 aromatic carbocycles. The molecule has 28 heavy (non-hydrogen) atoms. The molecule has 0 amide bonds. The summed E-state index contributed by atoms with van der Waals surface area (Å²) in [6.45, 7) is 0.963. The van der Waals surface area contributed by atoms with Crippen molar-refractivity contribution in [2.45, 2.75) is 32.0 Å². The van der Waals surface area contributed by atoms with Gasteiger partial charge in [0.15, 0.2) is 0 Å². The second kappa shape index (κ2) is 5.97. The predicted molar refractivity (Wildman–Crippen MR) is 99.3 cm³/mol. The maximum absolute atomic E-state index is 15.0. The van der Waals surface area contributed by atoms with E-state index in [1.165, 1.54) is 12.3 Å². The number of nitrogens with zero attached hydrogens (tertiary/aromatic N) is 1. The largest absolute Gasteiger partial charge is 0.477 e. The van der Waals surface area contributed by atoms with Crippen LogP contribution in [-0.4, -0.2) is 15.6 Å². The highest BCUT2D eigenvalue weighted by Gasteiger charge is 2.28. The second-order valence-electron chi connectivity index (χ2n) is 7.33. The predicted octanol–water partition coefficient (Wildman–Crippen LogP) is 3.58. The maximum atomic E-state index is 15.0. The molecule has 1 fully saturated rings. The lowest BCUT2D eigenvalue weighted by Crippen LogP contribution is -2.19. The molecule has 7 heteroatoms. The molecule has 1 aliphatic carbocycles. The molecule has 1 saturated carbocycles. The van der Waals surface area contributed by atoms with Crippen molar-refractivity contribution in [3.05, 3.63) is 69.0 Å². The lowest BCUT2D eigenvalue weighted by atomic mass is 9.97. The first kappa shape index (κ1) is 17.1. The number of aromatic nitrogens is 1. The molecular formula is C21H16F2N2O3. The zero-order valence-electron chi connectivity index (χ0n) is 14.8. The Morgan fingerprint density at radius 2 is 1.93 bits per heavy atom. The Morgan fingerprint density at radius 1 is 1.14 bits per heavy atom. The van der Waals surface area contributed by atoms with Gasteiger partial charge in [-0.1, -0.05) is 12.1 Å². The van der Waals surface area contributed by atoms with Crippen molar-refractivity contribution in [3.63, 3.8) is 0 Å². The van der Waals surface area contributed by atoms with Crippen molar-refractivity contribution in [3.8, 4) is 11.1 Å². The highest BCUT2D eigenvalue weighted by molar-refractivity contribution is 5.94. The minimum absolute atomic E-state index is 0.00344. The van der Waals surface area contributed by atoms with E-state index in [9.17, 15) is 19.1 Å². The summed E-state index contributed by atoms with van der Waals surface area (Å²) in [7, 11) is 0. The molecule has 0 bridgehead atoms. The van der Waals surface area contributed by atoms with Crippen LogP contribution in [0.25, 0.3) is 22.0 Å². The van der Waals surface area contributed by atoms with Gasteiger partial charge in [-0.15, -0.1) is 0 Å². The van der Waals surface area contributed by atoms with Crippen LogP contribution in [0.5, 0.6) is 0 Å².